The molecule has 4 N–H and O–H groups in total. The van der Waals surface area contributed by atoms with E-state index in [1.807, 2.05) is 30.3 Å². The van der Waals surface area contributed by atoms with Gasteiger partial charge in [0.15, 0.2) is 11.1 Å². The number of aromatic nitrogens is 5. The van der Waals surface area contributed by atoms with Gasteiger partial charge in [-0.15, -0.1) is 0 Å². The third-order valence-electron chi connectivity index (χ3n) is 6.16. The van der Waals surface area contributed by atoms with Crippen LogP contribution in [0.4, 0.5) is 11.5 Å². The molecule has 1 saturated heterocycles. The minimum Gasteiger partial charge on any atom is -0.493 e. The minimum absolute atomic E-state index is 0.177. The van der Waals surface area contributed by atoms with Crippen molar-refractivity contribution < 1.29 is 5.11 Å². The van der Waals surface area contributed by atoms with Gasteiger partial charge in [0, 0.05) is 41.1 Å². The number of nitrogens with one attached hydrogen (secondary N) is 3. The Balaban J connectivity index is 1.60. The highest BCUT2D eigenvalue weighted by atomic mass is 35.5. The molecule has 0 spiro atoms. The first-order valence-electron chi connectivity index (χ1n) is 11.6. The summed E-state index contributed by atoms with van der Waals surface area (Å²) in [7, 11) is 0. The average molecular weight is 495 g/mol. The van der Waals surface area contributed by atoms with E-state index in [0.717, 1.165) is 31.6 Å². The van der Waals surface area contributed by atoms with Gasteiger partial charge in [-0.1, -0.05) is 17.7 Å². The first-order valence-corrected chi connectivity index (χ1v) is 12.0. The molecular formula is C24H27ClN8O2. The van der Waals surface area contributed by atoms with Gasteiger partial charge in [-0.3, -0.25) is 9.98 Å². The molecule has 4 heterocycles. The maximum Gasteiger partial charge on any atom is 0.326 e. The number of halogens is 1. The number of rotatable bonds is 5. The molecular weight excluding hydrogens is 468 g/mol. The summed E-state index contributed by atoms with van der Waals surface area (Å²) in [5.41, 5.74) is 1.76. The Bertz CT molecular complexity index is 1530. The summed E-state index contributed by atoms with van der Waals surface area (Å²) in [6.07, 6.45) is 5.20. The highest BCUT2D eigenvalue weighted by Gasteiger charge is 2.20. The van der Waals surface area contributed by atoms with E-state index in [4.69, 9.17) is 21.6 Å². The van der Waals surface area contributed by atoms with Crippen molar-refractivity contribution in [2.45, 2.75) is 38.8 Å². The molecule has 35 heavy (non-hydrogen) atoms. The second kappa shape index (κ2) is 9.55. The summed E-state index contributed by atoms with van der Waals surface area (Å²) < 4.78 is 1.69. The number of nitrogens with zero attached hydrogens (tertiary/aromatic N) is 5. The molecule has 0 radical (unpaired) electrons. The quantitative estimate of drug-likeness (QED) is 0.337. The first kappa shape index (κ1) is 23.1. The number of imidazole rings is 1. The molecule has 0 amide bonds. The molecule has 1 aliphatic rings. The fourth-order valence-corrected chi connectivity index (χ4v) is 4.49. The Morgan fingerprint density at radius 2 is 2.06 bits per heavy atom. The highest BCUT2D eigenvalue weighted by Crippen LogP contribution is 2.19. The van der Waals surface area contributed by atoms with E-state index >= 15 is 0 Å². The van der Waals surface area contributed by atoms with Gasteiger partial charge >= 0.3 is 5.69 Å². The maximum atomic E-state index is 11.6. The van der Waals surface area contributed by atoms with Crippen LogP contribution < -0.4 is 21.7 Å². The molecule has 3 aromatic heterocycles. The number of fused-ring (bicyclic) bond motifs is 1. The van der Waals surface area contributed by atoms with Gasteiger partial charge < -0.3 is 20.3 Å². The number of hydrogen-bond acceptors (Lipinski definition) is 7. The van der Waals surface area contributed by atoms with E-state index < -0.39 is 5.69 Å². The largest absolute Gasteiger partial charge is 0.493 e. The molecule has 10 nitrogen and oxygen atoms in total. The topological polar surface area (TPSA) is 127 Å². The number of benzene rings is 1. The van der Waals surface area contributed by atoms with Gasteiger partial charge in [-0.05, 0) is 51.0 Å². The lowest BCUT2D eigenvalue weighted by Gasteiger charge is -2.32. The molecule has 0 unspecified atom stereocenters. The summed E-state index contributed by atoms with van der Waals surface area (Å²) in [4.78, 5) is 28.7. The van der Waals surface area contributed by atoms with E-state index in [0.29, 0.717) is 33.2 Å². The first-order chi connectivity index (χ1) is 16.9. The Kier molecular flexibility index (Phi) is 6.31. The monoisotopic (exact) mass is 494 g/mol. The van der Waals surface area contributed by atoms with Gasteiger partial charge in [0.1, 0.15) is 11.5 Å². The van der Waals surface area contributed by atoms with Gasteiger partial charge in [0.2, 0.25) is 5.88 Å². The lowest BCUT2D eigenvalue weighted by atomic mass is 10.0. The maximum absolute atomic E-state index is 11.6. The van der Waals surface area contributed by atoms with E-state index in [1.54, 1.807) is 16.8 Å². The van der Waals surface area contributed by atoms with Crippen molar-refractivity contribution in [3.05, 3.63) is 68.4 Å². The second-order valence-electron chi connectivity index (χ2n) is 8.95. The Morgan fingerprint density at radius 1 is 1.26 bits per heavy atom. The summed E-state index contributed by atoms with van der Waals surface area (Å²) in [5, 5.41) is 19.0. The fourth-order valence-electron chi connectivity index (χ4n) is 4.30. The molecule has 182 valence electrons. The third kappa shape index (κ3) is 5.08. The second-order valence-corrected chi connectivity index (χ2v) is 9.38. The minimum atomic E-state index is -0.495. The molecule has 0 saturated carbocycles. The molecule has 0 bridgehead atoms. The van der Waals surface area contributed by atoms with Crippen LogP contribution in [0.5, 0.6) is 5.88 Å². The van der Waals surface area contributed by atoms with Crippen LogP contribution in [0.25, 0.3) is 11.7 Å². The van der Waals surface area contributed by atoms with E-state index in [1.165, 1.54) is 0 Å². The van der Waals surface area contributed by atoms with Crippen molar-refractivity contribution in [3.63, 3.8) is 0 Å². The lowest BCUT2D eigenvalue weighted by molar-refractivity contribution is 0.172. The van der Waals surface area contributed by atoms with Gasteiger partial charge in [-0.2, -0.15) is 9.61 Å². The van der Waals surface area contributed by atoms with Crippen LogP contribution in [0.2, 0.25) is 5.02 Å². The van der Waals surface area contributed by atoms with Crippen molar-refractivity contribution in [1.82, 2.24) is 29.5 Å². The number of piperidine rings is 1. The number of aromatic amines is 2. The molecule has 4 aromatic rings. The smallest absolute Gasteiger partial charge is 0.326 e. The molecule has 5 rings (SSSR count). The van der Waals surface area contributed by atoms with E-state index in [9.17, 15) is 9.90 Å². The number of likely N-dealkylation sites (tertiary alicyclic amines) is 1. The molecule has 11 heteroatoms. The predicted octanol–water partition coefficient (Wildman–Crippen LogP) is 2.17. The number of hydrogen-bond donors (Lipinski definition) is 4. The predicted molar refractivity (Wildman–Crippen MR) is 135 cm³/mol. The molecule has 1 aliphatic heterocycles. The van der Waals surface area contributed by atoms with Gasteiger partial charge in [0.05, 0.1) is 12.2 Å². The Morgan fingerprint density at radius 3 is 2.74 bits per heavy atom. The van der Waals surface area contributed by atoms with Crippen molar-refractivity contribution in [1.29, 1.82) is 0 Å². The average Bonchev–Trinajstić information content (AvgIpc) is 3.36. The molecule has 1 aromatic carbocycles. The van der Waals surface area contributed by atoms with E-state index in [2.05, 4.69) is 39.1 Å². The third-order valence-corrected chi connectivity index (χ3v) is 6.39. The normalized spacial score (nSPS) is 16.6. The van der Waals surface area contributed by atoms with Crippen LogP contribution in [0, 0.1) is 0 Å². The van der Waals surface area contributed by atoms with Crippen LogP contribution in [0.3, 0.4) is 0 Å². The Labute approximate surface area is 206 Å². The standard InChI is InChI=1S/C24H27ClN8O2/c1-14(2)32-8-6-17(7-9-32)28-21-12-20(27-18-5-3-4-16(25)11-18)30-22-15(13-26-33(21)22)10-19-23(34)31-24(35)29-19/h3-5,10-14,17,27,34H,6-9H2,1-2H3,(H2,29,31,35)/b15-10-,28-21?. The Hall–Kier alpha value is -3.63. The summed E-state index contributed by atoms with van der Waals surface area (Å²) in [6, 6.07) is 9.96. The summed E-state index contributed by atoms with van der Waals surface area (Å²) in [6.45, 7) is 6.45. The van der Waals surface area contributed by atoms with Crippen molar-refractivity contribution in [2.75, 3.05) is 18.4 Å². The molecule has 0 aliphatic carbocycles. The van der Waals surface area contributed by atoms with Crippen LogP contribution in [-0.4, -0.2) is 59.7 Å². The zero-order valence-electron chi connectivity index (χ0n) is 19.5. The van der Waals surface area contributed by atoms with Crippen molar-refractivity contribution in [2.24, 2.45) is 4.99 Å². The zero-order chi connectivity index (χ0) is 24.5. The van der Waals surface area contributed by atoms with Gasteiger partial charge in [0.25, 0.3) is 0 Å². The number of anilines is 2. The summed E-state index contributed by atoms with van der Waals surface area (Å²) in [5.74, 6) is 0.337. The van der Waals surface area contributed by atoms with E-state index in [-0.39, 0.29) is 17.6 Å². The fraction of sp³-hybridized carbons (Fsp3) is 0.333. The van der Waals surface area contributed by atoms with Crippen LogP contribution in [0.15, 0.2) is 46.3 Å². The van der Waals surface area contributed by atoms with Crippen LogP contribution in [0.1, 0.15) is 32.4 Å². The number of aromatic hydroxyl groups is 1. The zero-order valence-corrected chi connectivity index (χ0v) is 20.3. The molecule has 0 atom stereocenters. The van der Waals surface area contributed by atoms with Crippen LogP contribution >= 0.6 is 11.6 Å². The summed E-state index contributed by atoms with van der Waals surface area (Å²) >= 11 is 6.16. The van der Waals surface area contributed by atoms with Crippen molar-refractivity contribution in [3.8, 4) is 5.88 Å². The van der Waals surface area contributed by atoms with Crippen molar-refractivity contribution >= 4 is 34.8 Å². The van der Waals surface area contributed by atoms with Gasteiger partial charge in [-0.25, -0.2) is 9.78 Å². The number of H-pyrrole nitrogens is 2. The van der Waals surface area contributed by atoms with Crippen LogP contribution in [-0.2, 0) is 0 Å². The lowest BCUT2D eigenvalue weighted by Crippen LogP contribution is -2.40. The SMILES string of the molecule is CC(C)N1CCC(N=c2cc(Nc3cccc(Cl)c3)nc3/c(=C\c4[nH]c(=O)[nH]c4O)cnn23)CC1. The highest BCUT2D eigenvalue weighted by molar-refractivity contribution is 6.30. The molecule has 1 fully saturated rings.